The standard InChI is InChI=1S/C16H14Br2ClNO2/c1-2-7-22-15-6-3-10(17)8-12(15)16(21)20-11-4-5-13(18)14(19)9-11/h3-6,8-9H,2,7H2,1H3,(H,20,21). The Morgan fingerprint density at radius 2 is 2.00 bits per heavy atom. The van der Waals surface area contributed by atoms with Crippen molar-refractivity contribution >= 4 is 55.1 Å². The summed E-state index contributed by atoms with van der Waals surface area (Å²) in [4.78, 5) is 12.5. The van der Waals surface area contributed by atoms with E-state index in [1.165, 1.54) is 0 Å². The van der Waals surface area contributed by atoms with Gasteiger partial charge in [0, 0.05) is 14.6 Å². The van der Waals surface area contributed by atoms with E-state index in [-0.39, 0.29) is 5.91 Å². The molecule has 6 heteroatoms. The van der Waals surface area contributed by atoms with Crippen LogP contribution in [0.4, 0.5) is 5.69 Å². The lowest BCUT2D eigenvalue weighted by Crippen LogP contribution is -2.14. The first kappa shape index (κ1) is 17.3. The summed E-state index contributed by atoms with van der Waals surface area (Å²) in [5, 5.41) is 3.36. The lowest BCUT2D eigenvalue weighted by molar-refractivity contribution is 0.102. The molecule has 2 rings (SSSR count). The Balaban J connectivity index is 2.24. The predicted molar refractivity (Wildman–Crippen MR) is 97.0 cm³/mol. The third kappa shape index (κ3) is 4.48. The van der Waals surface area contributed by atoms with E-state index in [4.69, 9.17) is 16.3 Å². The first-order chi connectivity index (χ1) is 10.5. The fourth-order valence-electron chi connectivity index (χ4n) is 1.79. The van der Waals surface area contributed by atoms with Crippen molar-refractivity contribution in [3.63, 3.8) is 0 Å². The number of rotatable bonds is 5. The lowest BCUT2D eigenvalue weighted by atomic mass is 10.2. The maximum Gasteiger partial charge on any atom is 0.259 e. The molecule has 0 saturated carbocycles. The Morgan fingerprint density at radius 1 is 1.23 bits per heavy atom. The summed E-state index contributed by atoms with van der Waals surface area (Å²) in [6, 6.07) is 10.6. The van der Waals surface area contributed by atoms with Crippen molar-refractivity contribution in [1.29, 1.82) is 0 Å². The maximum atomic E-state index is 12.5. The third-order valence-electron chi connectivity index (χ3n) is 2.83. The average molecular weight is 448 g/mol. The van der Waals surface area contributed by atoms with Gasteiger partial charge in [0.05, 0.1) is 17.2 Å². The highest BCUT2D eigenvalue weighted by Crippen LogP contribution is 2.28. The molecule has 0 aliphatic carbocycles. The Kier molecular flexibility index (Phi) is 6.29. The maximum absolute atomic E-state index is 12.5. The summed E-state index contributed by atoms with van der Waals surface area (Å²) < 4.78 is 7.22. The number of carbonyl (C=O) groups is 1. The van der Waals surface area contributed by atoms with Crippen LogP contribution in [0.3, 0.4) is 0 Å². The van der Waals surface area contributed by atoms with Crippen LogP contribution in [-0.2, 0) is 0 Å². The van der Waals surface area contributed by atoms with Crippen molar-refractivity contribution < 1.29 is 9.53 Å². The number of anilines is 1. The molecule has 0 atom stereocenters. The van der Waals surface area contributed by atoms with Crippen LogP contribution in [0.5, 0.6) is 5.75 Å². The summed E-state index contributed by atoms with van der Waals surface area (Å²) >= 11 is 12.7. The molecule has 0 aliphatic rings. The number of nitrogens with one attached hydrogen (secondary N) is 1. The molecule has 0 saturated heterocycles. The summed E-state index contributed by atoms with van der Waals surface area (Å²) in [6.45, 7) is 2.58. The average Bonchev–Trinajstić information content (AvgIpc) is 2.49. The number of amides is 1. The second-order valence-electron chi connectivity index (χ2n) is 4.57. The van der Waals surface area contributed by atoms with E-state index >= 15 is 0 Å². The quantitative estimate of drug-likeness (QED) is 0.619. The van der Waals surface area contributed by atoms with Crippen LogP contribution >= 0.6 is 43.5 Å². The van der Waals surface area contributed by atoms with Crippen molar-refractivity contribution in [1.82, 2.24) is 0 Å². The highest BCUT2D eigenvalue weighted by molar-refractivity contribution is 9.10. The van der Waals surface area contributed by atoms with E-state index in [9.17, 15) is 4.79 Å². The Bertz CT molecular complexity index is 692. The number of carbonyl (C=O) groups excluding carboxylic acids is 1. The first-order valence-corrected chi connectivity index (χ1v) is 8.66. The lowest BCUT2D eigenvalue weighted by Gasteiger charge is -2.12. The van der Waals surface area contributed by atoms with Gasteiger partial charge in [0.2, 0.25) is 0 Å². The predicted octanol–water partition coefficient (Wildman–Crippen LogP) is 5.91. The van der Waals surface area contributed by atoms with Gasteiger partial charge in [-0.1, -0.05) is 34.5 Å². The number of ether oxygens (including phenoxy) is 1. The highest BCUT2D eigenvalue weighted by atomic mass is 79.9. The number of halogens is 3. The van der Waals surface area contributed by atoms with E-state index < -0.39 is 0 Å². The number of benzene rings is 2. The van der Waals surface area contributed by atoms with Crippen molar-refractivity contribution in [2.75, 3.05) is 11.9 Å². The van der Waals surface area contributed by atoms with E-state index in [1.807, 2.05) is 13.0 Å². The van der Waals surface area contributed by atoms with Gasteiger partial charge in [-0.25, -0.2) is 0 Å². The SMILES string of the molecule is CCCOc1ccc(Br)cc1C(=O)Nc1ccc(Br)c(Cl)c1. The molecular formula is C16H14Br2ClNO2. The van der Waals surface area contributed by atoms with Crippen LogP contribution in [-0.4, -0.2) is 12.5 Å². The minimum absolute atomic E-state index is 0.245. The second kappa shape index (κ2) is 7.99. The first-order valence-electron chi connectivity index (χ1n) is 6.70. The van der Waals surface area contributed by atoms with Gasteiger partial charge in [0.15, 0.2) is 0 Å². The van der Waals surface area contributed by atoms with Crippen molar-refractivity contribution in [2.24, 2.45) is 0 Å². The van der Waals surface area contributed by atoms with Crippen LogP contribution in [0, 0.1) is 0 Å². The molecule has 0 heterocycles. The number of hydrogen-bond acceptors (Lipinski definition) is 2. The minimum atomic E-state index is -0.245. The van der Waals surface area contributed by atoms with Gasteiger partial charge in [-0.15, -0.1) is 0 Å². The zero-order chi connectivity index (χ0) is 16.1. The molecule has 0 aromatic heterocycles. The molecule has 1 amide bonds. The summed E-state index contributed by atoms with van der Waals surface area (Å²) in [6.07, 6.45) is 0.874. The van der Waals surface area contributed by atoms with E-state index in [2.05, 4.69) is 37.2 Å². The van der Waals surface area contributed by atoms with Crippen LogP contribution in [0.15, 0.2) is 45.3 Å². The van der Waals surface area contributed by atoms with Crippen molar-refractivity contribution in [3.05, 3.63) is 55.9 Å². The molecule has 0 unspecified atom stereocenters. The Labute approximate surface area is 151 Å². The van der Waals surface area contributed by atoms with Gasteiger partial charge in [-0.2, -0.15) is 0 Å². The molecule has 116 valence electrons. The molecule has 0 spiro atoms. The zero-order valence-corrected chi connectivity index (χ0v) is 15.8. The molecule has 0 radical (unpaired) electrons. The molecule has 1 N–H and O–H groups in total. The number of hydrogen-bond donors (Lipinski definition) is 1. The monoisotopic (exact) mass is 445 g/mol. The van der Waals surface area contributed by atoms with E-state index in [0.29, 0.717) is 28.6 Å². The minimum Gasteiger partial charge on any atom is -0.493 e. The Hall–Kier alpha value is -1.04. The summed E-state index contributed by atoms with van der Waals surface area (Å²) in [5.41, 5.74) is 1.10. The van der Waals surface area contributed by atoms with Crippen LogP contribution in [0.1, 0.15) is 23.7 Å². The third-order valence-corrected chi connectivity index (χ3v) is 4.55. The molecule has 22 heavy (non-hydrogen) atoms. The normalized spacial score (nSPS) is 10.4. The van der Waals surface area contributed by atoms with Crippen LogP contribution in [0.25, 0.3) is 0 Å². The van der Waals surface area contributed by atoms with Gasteiger partial charge in [0.25, 0.3) is 5.91 Å². The van der Waals surface area contributed by atoms with Crippen LogP contribution in [0.2, 0.25) is 5.02 Å². The van der Waals surface area contributed by atoms with E-state index in [0.717, 1.165) is 15.4 Å². The molecule has 2 aromatic carbocycles. The summed E-state index contributed by atoms with van der Waals surface area (Å²) in [5.74, 6) is 0.316. The molecule has 3 nitrogen and oxygen atoms in total. The van der Waals surface area contributed by atoms with Crippen molar-refractivity contribution in [3.8, 4) is 5.75 Å². The fourth-order valence-corrected chi connectivity index (χ4v) is 2.58. The van der Waals surface area contributed by atoms with Gasteiger partial charge >= 0.3 is 0 Å². The molecule has 2 aromatic rings. The molecular weight excluding hydrogens is 433 g/mol. The smallest absolute Gasteiger partial charge is 0.259 e. The molecule has 0 bridgehead atoms. The van der Waals surface area contributed by atoms with Gasteiger partial charge in [0.1, 0.15) is 5.75 Å². The highest BCUT2D eigenvalue weighted by Gasteiger charge is 2.14. The van der Waals surface area contributed by atoms with Crippen molar-refractivity contribution in [2.45, 2.75) is 13.3 Å². The van der Waals surface area contributed by atoms with Gasteiger partial charge < -0.3 is 10.1 Å². The summed E-state index contributed by atoms with van der Waals surface area (Å²) in [7, 11) is 0. The second-order valence-corrected chi connectivity index (χ2v) is 6.75. The molecule has 0 aliphatic heterocycles. The van der Waals surface area contributed by atoms with E-state index in [1.54, 1.807) is 30.3 Å². The van der Waals surface area contributed by atoms with Crippen LogP contribution < -0.4 is 10.1 Å². The molecule has 0 fully saturated rings. The fraction of sp³-hybridized carbons (Fsp3) is 0.188. The van der Waals surface area contributed by atoms with Gasteiger partial charge in [-0.05, 0) is 58.7 Å². The Morgan fingerprint density at radius 3 is 2.68 bits per heavy atom. The topological polar surface area (TPSA) is 38.3 Å². The van der Waals surface area contributed by atoms with Gasteiger partial charge in [-0.3, -0.25) is 4.79 Å². The largest absolute Gasteiger partial charge is 0.493 e. The zero-order valence-electron chi connectivity index (χ0n) is 11.8.